The highest BCUT2D eigenvalue weighted by Gasteiger charge is 1.98. The largest absolute Gasteiger partial charge is 0.396 e. The fraction of sp³-hybridized carbons (Fsp3) is 0. The average molecular weight is 175 g/mol. The zero-order valence-corrected chi connectivity index (χ0v) is 6.78. The van der Waals surface area contributed by atoms with E-state index in [1.165, 1.54) is 0 Å². The Morgan fingerprint density at radius 3 is 2.70 bits per heavy atom. The Hall–Kier alpha value is -0.540. The first-order valence-electron chi connectivity index (χ1n) is 2.70. The van der Waals surface area contributed by atoms with Crippen LogP contribution in [-0.2, 0) is 0 Å². The predicted octanol–water partition coefficient (Wildman–Crippen LogP) is 2.12. The highest BCUT2D eigenvalue weighted by atomic mass is 35.5. The Morgan fingerprint density at radius 2 is 2.20 bits per heavy atom. The molecule has 0 saturated heterocycles. The molecule has 1 aromatic carbocycles. The summed E-state index contributed by atoms with van der Waals surface area (Å²) < 4.78 is 0. The molecule has 0 atom stereocenters. The Labute approximate surface area is 69.9 Å². The van der Waals surface area contributed by atoms with E-state index in [0.717, 1.165) is 4.90 Å². The first kappa shape index (κ1) is 7.57. The first-order chi connectivity index (χ1) is 4.75. The van der Waals surface area contributed by atoms with Crippen LogP contribution in [0.5, 0.6) is 0 Å². The summed E-state index contributed by atoms with van der Waals surface area (Å²) in [6.45, 7) is 0. The molecule has 54 valence electrons. The SMILES string of the molecule is Nc1c(S)cccc1NCl. The van der Waals surface area contributed by atoms with Gasteiger partial charge in [-0.05, 0) is 12.1 Å². The van der Waals surface area contributed by atoms with Gasteiger partial charge >= 0.3 is 0 Å². The molecule has 0 amide bonds. The van der Waals surface area contributed by atoms with Crippen molar-refractivity contribution in [3.63, 3.8) is 0 Å². The van der Waals surface area contributed by atoms with Crippen molar-refractivity contribution in [3.8, 4) is 0 Å². The number of nitrogens with one attached hydrogen (secondary N) is 1. The molecule has 0 spiro atoms. The number of anilines is 2. The number of hydrogen-bond acceptors (Lipinski definition) is 3. The first-order valence-corrected chi connectivity index (χ1v) is 3.52. The summed E-state index contributed by atoms with van der Waals surface area (Å²) in [6, 6.07) is 5.40. The molecule has 10 heavy (non-hydrogen) atoms. The van der Waals surface area contributed by atoms with Gasteiger partial charge in [-0.25, -0.2) is 0 Å². The number of nitrogens with two attached hydrogens (primary N) is 1. The maximum Gasteiger partial charge on any atom is 0.0732 e. The van der Waals surface area contributed by atoms with Crippen LogP contribution in [0, 0.1) is 0 Å². The molecule has 0 saturated carbocycles. The molecule has 1 aromatic rings. The predicted molar refractivity (Wildman–Crippen MR) is 47.6 cm³/mol. The summed E-state index contributed by atoms with van der Waals surface area (Å²) in [5, 5.41) is 0. The zero-order chi connectivity index (χ0) is 7.56. The van der Waals surface area contributed by atoms with Gasteiger partial charge in [0.2, 0.25) is 0 Å². The minimum atomic E-state index is 0.570. The summed E-state index contributed by atoms with van der Waals surface area (Å²) in [5.74, 6) is 0. The lowest BCUT2D eigenvalue weighted by Gasteiger charge is -2.03. The fourth-order valence-corrected chi connectivity index (χ4v) is 1.01. The summed E-state index contributed by atoms with van der Waals surface area (Å²) >= 11 is 9.44. The standard InChI is InChI=1S/C6H7ClN2S/c7-9-4-2-1-3-5(10)6(4)8/h1-3,9-10H,8H2. The molecule has 0 bridgehead atoms. The van der Waals surface area contributed by atoms with Gasteiger partial charge in [-0.2, -0.15) is 0 Å². The molecule has 4 heteroatoms. The van der Waals surface area contributed by atoms with E-state index in [-0.39, 0.29) is 0 Å². The van der Waals surface area contributed by atoms with Crippen LogP contribution in [0.4, 0.5) is 11.4 Å². The van der Waals surface area contributed by atoms with Gasteiger partial charge in [-0.3, -0.25) is 4.84 Å². The van der Waals surface area contributed by atoms with Gasteiger partial charge in [0.25, 0.3) is 0 Å². The Bertz CT molecular complexity index is 239. The third-order valence-corrected chi connectivity index (χ3v) is 1.78. The Morgan fingerprint density at radius 1 is 1.50 bits per heavy atom. The minimum Gasteiger partial charge on any atom is -0.396 e. The topological polar surface area (TPSA) is 38.0 Å². The van der Waals surface area contributed by atoms with Crippen molar-refractivity contribution < 1.29 is 0 Å². The summed E-state index contributed by atoms with van der Waals surface area (Å²) in [5.41, 5.74) is 6.83. The number of thiol groups is 1. The fourth-order valence-electron chi connectivity index (χ4n) is 0.635. The molecule has 0 fully saturated rings. The number of nitrogen functional groups attached to an aromatic ring is 1. The molecule has 1 rings (SSSR count). The van der Waals surface area contributed by atoms with Crippen LogP contribution in [0.2, 0.25) is 0 Å². The molecule has 0 heterocycles. The van der Waals surface area contributed by atoms with Gasteiger partial charge in [-0.1, -0.05) is 6.07 Å². The van der Waals surface area contributed by atoms with Crippen molar-refractivity contribution in [2.75, 3.05) is 10.6 Å². The van der Waals surface area contributed by atoms with E-state index in [4.69, 9.17) is 17.5 Å². The second-order valence-electron chi connectivity index (χ2n) is 1.83. The molecule has 0 aliphatic carbocycles. The minimum absolute atomic E-state index is 0.570. The molecule has 0 unspecified atom stereocenters. The molecular formula is C6H7ClN2S. The van der Waals surface area contributed by atoms with Gasteiger partial charge in [0.1, 0.15) is 0 Å². The number of rotatable bonds is 1. The number of hydrogen-bond donors (Lipinski definition) is 3. The van der Waals surface area contributed by atoms with Crippen LogP contribution < -0.4 is 10.6 Å². The lowest BCUT2D eigenvalue weighted by atomic mass is 10.3. The van der Waals surface area contributed by atoms with Crippen LogP contribution in [0.1, 0.15) is 0 Å². The van der Waals surface area contributed by atoms with Gasteiger partial charge in [0.05, 0.1) is 11.4 Å². The summed E-state index contributed by atoms with van der Waals surface area (Å²) in [7, 11) is 0. The quantitative estimate of drug-likeness (QED) is 0.347. The molecule has 2 nitrogen and oxygen atoms in total. The lowest BCUT2D eigenvalue weighted by Crippen LogP contribution is -1.91. The molecular weight excluding hydrogens is 168 g/mol. The van der Waals surface area contributed by atoms with Crippen molar-refractivity contribution in [2.24, 2.45) is 0 Å². The number of halogens is 1. The monoisotopic (exact) mass is 174 g/mol. The van der Waals surface area contributed by atoms with E-state index >= 15 is 0 Å². The van der Waals surface area contributed by atoms with Gasteiger partial charge in [0.15, 0.2) is 0 Å². The van der Waals surface area contributed by atoms with Crippen molar-refractivity contribution in [2.45, 2.75) is 4.90 Å². The molecule has 0 aliphatic heterocycles. The van der Waals surface area contributed by atoms with E-state index in [2.05, 4.69) is 17.5 Å². The lowest BCUT2D eigenvalue weighted by molar-refractivity contribution is 1.47. The van der Waals surface area contributed by atoms with Crippen LogP contribution in [0.15, 0.2) is 23.1 Å². The molecule has 0 aromatic heterocycles. The van der Waals surface area contributed by atoms with Crippen LogP contribution in [0.25, 0.3) is 0 Å². The van der Waals surface area contributed by atoms with Crippen molar-refractivity contribution in [1.82, 2.24) is 0 Å². The van der Waals surface area contributed by atoms with Gasteiger partial charge in [0, 0.05) is 16.7 Å². The summed E-state index contributed by atoms with van der Waals surface area (Å²) in [6.07, 6.45) is 0. The highest BCUT2D eigenvalue weighted by Crippen LogP contribution is 2.25. The Balaban J connectivity index is 3.14. The molecule has 0 aliphatic rings. The second-order valence-corrected chi connectivity index (χ2v) is 2.50. The number of benzene rings is 1. The van der Waals surface area contributed by atoms with Crippen LogP contribution in [0.3, 0.4) is 0 Å². The zero-order valence-electron chi connectivity index (χ0n) is 5.13. The maximum absolute atomic E-state index is 5.57. The summed E-state index contributed by atoms with van der Waals surface area (Å²) in [4.78, 5) is 3.16. The smallest absolute Gasteiger partial charge is 0.0732 e. The third-order valence-electron chi connectivity index (χ3n) is 1.18. The van der Waals surface area contributed by atoms with Gasteiger partial charge < -0.3 is 5.73 Å². The average Bonchev–Trinajstić information content (AvgIpc) is 1.95. The van der Waals surface area contributed by atoms with E-state index in [1.807, 2.05) is 6.07 Å². The van der Waals surface area contributed by atoms with Gasteiger partial charge in [-0.15, -0.1) is 12.6 Å². The van der Waals surface area contributed by atoms with Crippen molar-refractivity contribution in [1.29, 1.82) is 0 Å². The van der Waals surface area contributed by atoms with E-state index < -0.39 is 0 Å². The molecule has 3 N–H and O–H groups in total. The number of para-hydroxylation sites is 1. The van der Waals surface area contributed by atoms with Crippen molar-refractivity contribution in [3.05, 3.63) is 18.2 Å². The highest BCUT2D eigenvalue weighted by molar-refractivity contribution is 7.80. The molecule has 0 radical (unpaired) electrons. The van der Waals surface area contributed by atoms with Crippen LogP contribution in [-0.4, -0.2) is 0 Å². The normalized spacial score (nSPS) is 9.40. The van der Waals surface area contributed by atoms with Crippen molar-refractivity contribution >= 4 is 35.8 Å². The van der Waals surface area contributed by atoms with Crippen LogP contribution >= 0.6 is 24.4 Å². The maximum atomic E-state index is 5.57. The van der Waals surface area contributed by atoms with E-state index in [9.17, 15) is 0 Å². The second kappa shape index (κ2) is 3.03. The Kier molecular flexibility index (Phi) is 2.29. The van der Waals surface area contributed by atoms with E-state index in [1.54, 1.807) is 12.1 Å². The third kappa shape index (κ3) is 1.30. The van der Waals surface area contributed by atoms with E-state index in [0.29, 0.717) is 11.4 Å².